The van der Waals surface area contributed by atoms with Crippen LogP contribution < -0.4 is 10.6 Å². The highest BCUT2D eigenvalue weighted by Crippen LogP contribution is 2.48. The van der Waals surface area contributed by atoms with Gasteiger partial charge in [-0.05, 0) is 42.9 Å². The van der Waals surface area contributed by atoms with Crippen molar-refractivity contribution in [1.82, 2.24) is 5.32 Å². The van der Waals surface area contributed by atoms with E-state index in [4.69, 9.17) is 0 Å². The summed E-state index contributed by atoms with van der Waals surface area (Å²) in [6, 6.07) is 7.23. The maximum Gasteiger partial charge on any atom is 0.319 e. The number of carboxylic acids is 1. The van der Waals surface area contributed by atoms with Gasteiger partial charge in [0.15, 0.2) is 0 Å². The Bertz CT molecular complexity index is 563. The number of carbonyl (C=O) groups is 2. The standard InChI is InChI=1S/C16H20N2O3/c1-2-10-9-13(10)18-15(21)17-12-5-3-11(4-6-12)16(7-8-16)14(19)20/h3-6,10,13H,2,7-9H2,1H3,(H,19,20)(H2,17,18,21). The maximum absolute atomic E-state index is 11.8. The van der Waals surface area contributed by atoms with E-state index in [0.717, 1.165) is 18.4 Å². The van der Waals surface area contributed by atoms with Crippen molar-refractivity contribution in [2.45, 2.75) is 44.1 Å². The minimum Gasteiger partial charge on any atom is -0.481 e. The van der Waals surface area contributed by atoms with E-state index >= 15 is 0 Å². The van der Waals surface area contributed by atoms with Gasteiger partial charge in [-0.15, -0.1) is 0 Å². The van der Waals surface area contributed by atoms with E-state index in [1.165, 1.54) is 0 Å². The van der Waals surface area contributed by atoms with Gasteiger partial charge in [-0.1, -0.05) is 25.5 Å². The highest BCUT2D eigenvalue weighted by atomic mass is 16.4. The maximum atomic E-state index is 11.8. The summed E-state index contributed by atoms with van der Waals surface area (Å²) in [7, 11) is 0. The van der Waals surface area contributed by atoms with Crippen LogP contribution in [0.25, 0.3) is 0 Å². The molecule has 0 saturated heterocycles. The number of amides is 2. The Hall–Kier alpha value is -2.04. The largest absolute Gasteiger partial charge is 0.481 e. The molecule has 2 fully saturated rings. The summed E-state index contributed by atoms with van der Waals surface area (Å²) in [5.74, 6) is -0.149. The van der Waals surface area contributed by atoms with Gasteiger partial charge in [0.05, 0.1) is 5.41 Å². The molecule has 5 nitrogen and oxygen atoms in total. The van der Waals surface area contributed by atoms with Crippen LogP contribution in [0.3, 0.4) is 0 Å². The summed E-state index contributed by atoms with van der Waals surface area (Å²) in [5, 5.41) is 15.0. The molecule has 2 unspecified atom stereocenters. The number of aliphatic carboxylic acids is 1. The minimum absolute atomic E-state index is 0.192. The predicted molar refractivity (Wildman–Crippen MR) is 79.3 cm³/mol. The first kappa shape index (κ1) is 13.9. The van der Waals surface area contributed by atoms with Crippen molar-refractivity contribution in [1.29, 1.82) is 0 Å². The zero-order chi connectivity index (χ0) is 15.0. The Balaban J connectivity index is 1.58. The second kappa shape index (κ2) is 5.06. The molecule has 21 heavy (non-hydrogen) atoms. The summed E-state index contributed by atoms with van der Waals surface area (Å²) in [4.78, 5) is 23.1. The average Bonchev–Trinajstić information content (AvgIpc) is 3.34. The van der Waals surface area contributed by atoms with Gasteiger partial charge in [-0.25, -0.2) is 4.79 Å². The van der Waals surface area contributed by atoms with Crippen molar-refractivity contribution in [2.24, 2.45) is 5.92 Å². The molecule has 3 rings (SSSR count). The van der Waals surface area contributed by atoms with Crippen LogP contribution in [0.2, 0.25) is 0 Å². The molecule has 112 valence electrons. The molecule has 0 aromatic heterocycles. The summed E-state index contributed by atoms with van der Waals surface area (Å²) in [5.41, 5.74) is 0.809. The molecule has 3 N–H and O–H groups in total. The number of hydrogen-bond acceptors (Lipinski definition) is 2. The third-order valence-corrected chi connectivity index (χ3v) is 4.62. The monoisotopic (exact) mass is 288 g/mol. The average molecular weight is 288 g/mol. The van der Waals surface area contributed by atoms with Gasteiger partial charge in [0, 0.05) is 11.7 Å². The molecule has 1 aromatic carbocycles. The fourth-order valence-electron chi connectivity index (χ4n) is 2.83. The lowest BCUT2D eigenvalue weighted by atomic mass is 9.96. The third kappa shape index (κ3) is 2.73. The smallest absolute Gasteiger partial charge is 0.319 e. The molecule has 0 radical (unpaired) electrons. The third-order valence-electron chi connectivity index (χ3n) is 4.62. The molecule has 5 heteroatoms. The fraction of sp³-hybridized carbons (Fsp3) is 0.500. The molecule has 2 saturated carbocycles. The second-order valence-electron chi connectivity index (χ2n) is 6.07. The SMILES string of the molecule is CCC1CC1NC(=O)Nc1ccc(C2(C(=O)O)CC2)cc1. The lowest BCUT2D eigenvalue weighted by Crippen LogP contribution is -2.31. The Morgan fingerprint density at radius 2 is 1.95 bits per heavy atom. The zero-order valence-corrected chi connectivity index (χ0v) is 12.1. The first-order valence-electron chi connectivity index (χ1n) is 7.46. The molecule has 0 bridgehead atoms. The molecule has 2 aliphatic carbocycles. The van der Waals surface area contributed by atoms with Gasteiger partial charge in [0.25, 0.3) is 0 Å². The number of carbonyl (C=O) groups excluding carboxylic acids is 1. The van der Waals surface area contributed by atoms with E-state index < -0.39 is 11.4 Å². The molecule has 0 aliphatic heterocycles. The quantitative estimate of drug-likeness (QED) is 0.779. The fourth-order valence-corrected chi connectivity index (χ4v) is 2.83. The normalized spacial score (nSPS) is 25.0. The van der Waals surface area contributed by atoms with Crippen LogP contribution in [0, 0.1) is 5.92 Å². The topological polar surface area (TPSA) is 78.4 Å². The van der Waals surface area contributed by atoms with Crippen molar-refractivity contribution < 1.29 is 14.7 Å². The Morgan fingerprint density at radius 3 is 2.43 bits per heavy atom. The number of anilines is 1. The van der Waals surface area contributed by atoms with Crippen molar-refractivity contribution >= 4 is 17.7 Å². The van der Waals surface area contributed by atoms with Gasteiger partial charge < -0.3 is 15.7 Å². The zero-order valence-electron chi connectivity index (χ0n) is 12.1. The molecule has 0 spiro atoms. The summed E-state index contributed by atoms with van der Waals surface area (Å²) in [6.07, 6.45) is 3.53. The Morgan fingerprint density at radius 1 is 1.29 bits per heavy atom. The van der Waals surface area contributed by atoms with Crippen molar-refractivity contribution in [3.05, 3.63) is 29.8 Å². The Labute approximate surface area is 123 Å². The molecular weight excluding hydrogens is 268 g/mol. The van der Waals surface area contributed by atoms with Gasteiger partial charge in [0.1, 0.15) is 0 Å². The number of carboxylic acid groups (broad SMARTS) is 1. The van der Waals surface area contributed by atoms with E-state index in [9.17, 15) is 14.7 Å². The van der Waals surface area contributed by atoms with E-state index in [-0.39, 0.29) is 6.03 Å². The van der Waals surface area contributed by atoms with E-state index in [1.807, 2.05) is 0 Å². The van der Waals surface area contributed by atoms with Gasteiger partial charge in [-0.3, -0.25) is 4.79 Å². The summed E-state index contributed by atoms with van der Waals surface area (Å²) < 4.78 is 0. The van der Waals surface area contributed by atoms with Crippen LogP contribution in [0.1, 0.15) is 38.2 Å². The molecular formula is C16H20N2O3. The number of hydrogen-bond donors (Lipinski definition) is 3. The number of urea groups is 1. The van der Waals surface area contributed by atoms with E-state index in [2.05, 4.69) is 17.6 Å². The van der Waals surface area contributed by atoms with Crippen LogP contribution in [0.5, 0.6) is 0 Å². The van der Waals surface area contributed by atoms with Crippen LogP contribution >= 0.6 is 0 Å². The first-order valence-corrected chi connectivity index (χ1v) is 7.46. The van der Waals surface area contributed by atoms with E-state index in [0.29, 0.717) is 30.5 Å². The number of benzene rings is 1. The molecule has 0 heterocycles. The lowest BCUT2D eigenvalue weighted by Gasteiger charge is -2.12. The van der Waals surface area contributed by atoms with Crippen LogP contribution in [0.15, 0.2) is 24.3 Å². The molecule has 1 aromatic rings. The predicted octanol–water partition coefficient (Wildman–Crippen LogP) is 2.72. The van der Waals surface area contributed by atoms with Gasteiger partial charge in [-0.2, -0.15) is 0 Å². The van der Waals surface area contributed by atoms with Gasteiger partial charge in [0.2, 0.25) is 0 Å². The van der Waals surface area contributed by atoms with Crippen LogP contribution in [-0.2, 0) is 10.2 Å². The second-order valence-corrected chi connectivity index (χ2v) is 6.07. The van der Waals surface area contributed by atoms with Crippen molar-refractivity contribution in [2.75, 3.05) is 5.32 Å². The molecule has 2 amide bonds. The molecule has 2 atom stereocenters. The number of rotatable bonds is 5. The summed E-state index contributed by atoms with van der Waals surface area (Å²) >= 11 is 0. The highest BCUT2D eigenvalue weighted by Gasteiger charge is 2.51. The van der Waals surface area contributed by atoms with E-state index in [1.54, 1.807) is 24.3 Å². The lowest BCUT2D eigenvalue weighted by molar-refractivity contribution is -0.140. The van der Waals surface area contributed by atoms with Crippen molar-refractivity contribution in [3.8, 4) is 0 Å². The Kier molecular flexibility index (Phi) is 3.35. The van der Waals surface area contributed by atoms with Gasteiger partial charge >= 0.3 is 12.0 Å². The summed E-state index contributed by atoms with van der Waals surface area (Å²) in [6.45, 7) is 2.12. The van der Waals surface area contributed by atoms with Crippen LogP contribution in [-0.4, -0.2) is 23.1 Å². The van der Waals surface area contributed by atoms with Crippen LogP contribution in [0.4, 0.5) is 10.5 Å². The minimum atomic E-state index is -0.764. The number of nitrogens with one attached hydrogen (secondary N) is 2. The first-order chi connectivity index (χ1) is 10.0. The highest BCUT2D eigenvalue weighted by molar-refractivity contribution is 5.90. The van der Waals surface area contributed by atoms with Crippen molar-refractivity contribution in [3.63, 3.8) is 0 Å². The molecule has 2 aliphatic rings.